The van der Waals surface area contributed by atoms with Crippen molar-refractivity contribution in [2.24, 2.45) is 0 Å². The minimum absolute atomic E-state index is 0.0365. The van der Waals surface area contributed by atoms with E-state index in [-0.39, 0.29) is 29.5 Å². The molecule has 0 spiro atoms. The maximum atomic E-state index is 12.9. The normalized spacial score (nSPS) is 15.8. The molecule has 1 amide bonds. The zero-order valence-corrected chi connectivity index (χ0v) is 17.4. The van der Waals surface area contributed by atoms with Crippen molar-refractivity contribution in [2.45, 2.75) is 24.8 Å². The van der Waals surface area contributed by atoms with Crippen molar-refractivity contribution in [1.82, 2.24) is 19.0 Å². The fraction of sp³-hybridized carbons (Fsp3) is 0.444. The van der Waals surface area contributed by atoms with Crippen LogP contribution in [-0.4, -0.2) is 71.0 Å². The third kappa shape index (κ3) is 5.20. The van der Waals surface area contributed by atoms with Crippen LogP contribution < -0.4 is 5.32 Å². The Hall–Kier alpha value is -2.83. The molecule has 0 radical (unpaired) electrons. The summed E-state index contributed by atoms with van der Waals surface area (Å²) in [4.78, 5) is 24.6. The zero-order chi connectivity index (χ0) is 21.7. The van der Waals surface area contributed by atoms with Gasteiger partial charge in [-0.05, 0) is 24.7 Å². The van der Waals surface area contributed by atoms with Gasteiger partial charge in [-0.15, -0.1) is 0 Å². The summed E-state index contributed by atoms with van der Waals surface area (Å²) in [5.41, 5.74) is 0.229. The monoisotopic (exact) mass is 436 g/mol. The number of aryl methyl sites for hydroxylation is 1. The van der Waals surface area contributed by atoms with Crippen LogP contribution in [-0.2, 0) is 21.4 Å². The number of nitro groups is 1. The zero-order valence-electron chi connectivity index (χ0n) is 16.6. The Morgan fingerprint density at radius 3 is 2.63 bits per heavy atom. The number of likely N-dealkylation sites (N-methyl/N-ethyl adjacent to an activating group) is 1. The van der Waals surface area contributed by atoms with Gasteiger partial charge in [0.2, 0.25) is 15.9 Å². The molecule has 11 nitrogen and oxygen atoms in total. The number of rotatable bonds is 8. The number of piperazine rings is 1. The summed E-state index contributed by atoms with van der Waals surface area (Å²) in [6, 6.07) is 6.16. The average Bonchev–Trinajstić information content (AvgIpc) is 3.22. The smallest absolute Gasteiger partial charge is 0.306 e. The summed E-state index contributed by atoms with van der Waals surface area (Å²) in [5, 5.41) is 17.2. The predicted molar refractivity (Wildman–Crippen MR) is 109 cm³/mol. The molecule has 162 valence electrons. The molecular weight excluding hydrogens is 412 g/mol. The molecule has 30 heavy (non-hydrogen) atoms. The lowest BCUT2D eigenvalue weighted by Gasteiger charge is -2.33. The van der Waals surface area contributed by atoms with Crippen molar-refractivity contribution in [1.29, 1.82) is 0 Å². The first-order valence-electron chi connectivity index (χ1n) is 9.59. The molecule has 2 heterocycles. The third-order valence-electron chi connectivity index (χ3n) is 4.93. The highest BCUT2D eigenvalue weighted by Gasteiger charge is 2.28. The van der Waals surface area contributed by atoms with E-state index in [1.807, 2.05) is 6.92 Å². The van der Waals surface area contributed by atoms with Crippen molar-refractivity contribution >= 4 is 27.3 Å². The van der Waals surface area contributed by atoms with Gasteiger partial charge in [0.15, 0.2) is 0 Å². The van der Waals surface area contributed by atoms with E-state index in [0.29, 0.717) is 31.9 Å². The van der Waals surface area contributed by atoms with Gasteiger partial charge in [0, 0.05) is 44.8 Å². The van der Waals surface area contributed by atoms with Crippen LogP contribution in [0, 0.1) is 10.1 Å². The molecule has 1 aliphatic heterocycles. The molecule has 0 unspecified atom stereocenters. The van der Waals surface area contributed by atoms with Crippen LogP contribution in [0.4, 0.5) is 11.4 Å². The van der Waals surface area contributed by atoms with Crippen LogP contribution in [0.3, 0.4) is 0 Å². The van der Waals surface area contributed by atoms with E-state index >= 15 is 0 Å². The van der Waals surface area contributed by atoms with Gasteiger partial charge < -0.3 is 10.2 Å². The number of aromatic nitrogens is 2. The number of carbonyl (C=O) groups excluding carboxylic acids is 1. The van der Waals surface area contributed by atoms with Gasteiger partial charge >= 0.3 is 5.69 Å². The number of hydrogen-bond donors (Lipinski definition) is 1. The Morgan fingerprint density at radius 2 is 2.00 bits per heavy atom. The molecule has 1 aliphatic rings. The van der Waals surface area contributed by atoms with Crippen molar-refractivity contribution in [2.75, 3.05) is 38.0 Å². The highest BCUT2D eigenvalue weighted by molar-refractivity contribution is 7.89. The second-order valence-electron chi connectivity index (χ2n) is 6.88. The lowest BCUT2D eigenvalue weighted by Crippen LogP contribution is -2.48. The van der Waals surface area contributed by atoms with E-state index in [4.69, 9.17) is 0 Å². The minimum atomic E-state index is -3.64. The first-order valence-corrected chi connectivity index (χ1v) is 11.0. The average molecular weight is 436 g/mol. The van der Waals surface area contributed by atoms with E-state index in [9.17, 15) is 23.3 Å². The minimum Gasteiger partial charge on any atom is -0.326 e. The molecule has 1 fully saturated rings. The van der Waals surface area contributed by atoms with Crippen molar-refractivity contribution in [3.63, 3.8) is 0 Å². The lowest BCUT2D eigenvalue weighted by molar-refractivity contribution is -0.385. The predicted octanol–water partition coefficient (Wildman–Crippen LogP) is 1.15. The van der Waals surface area contributed by atoms with Crippen molar-refractivity contribution < 1.29 is 18.1 Å². The number of anilines is 1. The van der Waals surface area contributed by atoms with Crippen LogP contribution in [0.1, 0.15) is 13.3 Å². The number of nitrogens with zero attached hydrogens (tertiary/aromatic N) is 5. The summed E-state index contributed by atoms with van der Waals surface area (Å²) in [5.74, 6) is -0.348. The summed E-state index contributed by atoms with van der Waals surface area (Å²) < 4.78 is 28.6. The molecule has 0 atom stereocenters. The summed E-state index contributed by atoms with van der Waals surface area (Å²) >= 11 is 0. The molecule has 1 N–H and O–H groups in total. The molecule has 3 rings (SSSR count). The van der Waals surface area contributed by atoms with Gasteiger partial charge in [-0.3, -0.25) is 19.6 Å². The molecule has 1 aromatic heterocycles. The highest BCUT2D eigenvalue weighted by Crippen LogP contribution is 2.21. The van der Waals surface area contributed by atoms with Crippen LogP contribution >= 0.6 is 0 Å². The fourth-order valence-electron chi connectivity index (χ4n) is 3.18. The van der Waals surface area contributed by atoms with Gasteiger partial charge in [0.1, 0.15) is 12.4 Å². The molecule has 1 aromatic carbocycles. The topological polar surface area (TPSA) is 131 Å². The molecule has 0 saturated carbocycles. The molecule has 2 aromatic rings. The molecule has 12 heteroatoms. The standard InChI is InChI=1S/C18H24N6O5S/c1-2-21-8-10-23(11-9-21)30(28,29)17-5-3-4-15(12-17)20-18(25)6-7-22-14-16(13-19-22)24(26)27/h3-5,12-14H,2,6-11H2,1H3,(H,20,25). The van der Waals surface area contributed by atoms with E-state index in [2.05, 4.69) is 15.3 Å². The van der Waals surface area contributed by atoms with E-state index in [1.54, 1.807) is 12.1 Å². The van der Waals surface area contributed by atoms with E-state index in [1.165, 1.54) is 27.3 Å². The second-order valence-corrected chi connectivity index (χ2v) is 8.82. The number of nitrogens with one attached hydrogen (secondary N) is 1. The maximum absolute atomic E-state index is 12.9. The Morgan fingerprint density at radius 1 is 1.27 bits per heavy atom. The maximum Gasteiger partial charge on any atom is 0.306 e. The van der Waals surface area contributed by atoms with Crippen LogP contribution in [0.25, 0.3) is 0 Å². The summed E-state index contributed by atoms with van der Waals surface area (Å²) in [7, 11) is -3.64. The van der Waals surface area contributed by atoms with Crippen molar-refractivity contribution in [3.05, 3.63) is 46.8 Å². The quantitative estimate of drug-likeness (QED) is 0.485. The number of benzene rings is 1. The first kappa shape index (κ1) is 21.9. The fourth-order valence-corrected chi connectivity index (χ4v) is 4.65. The molecule has 0 aliphatic carbocycles. The number of amides is 1. The summed E-state index contributed by atoms with van der Waals surface area (Å²) in [6.07, 6.45) is 2.40. The molecular formula is C18H24N6O5S. The second kappa shape index (κ2) is 9.32. The lowest BCUT2D eigenvalue weighted by atomic mass is 10.3. The first-order chi connectivity index (χ1) is 14.3. The van der Waals surface area contributed by atoms with Gasteiger partial charge in [-0.1, -0.05) is 13.0 Å². The van der Waals surface area contributed by atoms with Gasteiger partial charge in [-0.2, -0.15) is 9.40 Å². The number of carbonyl (C=O) groups is 1. The Kier molecular flexibility index (Phi) is 6.80. The number of hydrogen-bond acceptors (Lipinski definition) is 7. The molecule has 1 saturated heterocycles. The Balaban J connectivity index is 1.60. The van der Waals surface area contributed by atoms with Gasteiger partial charge in [0.05, 0.1) is 9.82 Å². The third-order valence-corrected chi connectivity index (χ3v) is 6.83. The van der Waals surface area contributed by atoms with Crippen LogP contribution in [0.5, 0.6) is 0 Å². The SMILES string of the molecule is CCN1CCN(S(=O)(=O)c2cccc(NC(=O)CCn3cc([N+](=O)[O-])cn3)c2)CC1. The van der Waals surface area contributed by atoms with Crippen molar-refractivity contribution in [3.8, 4) is 0 Å². The largest absolute Gasteiger partial charge is 0.326 e. The number of sulfonamides is 1. The Labute approximate surface area is 174 Å². The van der Waals surface area contributed by atoms with E-state index in [0.717, 1.165) is 12.7 Å². The highest BCUT2D eigenvalue weighted by atomic mass is 32.2. The molecule has 0 bridgehead atoms. The Bertz CT molecular complexity index is 1010. The van der Waals surface area contributed by atoms with E-state index < -0.39 is 14.9 Å². The van der Waals surface area contributed by atoms with Crippen LogP contribution in [0.2, 0.25) is 0 Å². The van der Waals surface area contributed by atoms with Gasteiger partial charge in [-0.25, -0.2) is 8.42 Å². The van der Waals surface area contributed by atoms with Crippen LogP contribution in [0.15, 0.2) is 41.6 Å². The summed E-state index contributed by atoms with van der Waals surface area (Å²) in [6.45, 7) is 5.35. The van der Waals surface area contributed by atoms with Gasteiger partial charge in [0.25, 0.3) is 0 Å².